The maximum absolute atomic E-state index is 10.6. The van der Waals surface area contributed by atoms with E-state index in [9.17, 15) is 5.11 Å². The average molecular weight is 243 g/mol. The van der Waals surface area contributed by atoms with Crippen LogP contribution >= 0.6 is 0 Å². The van der Waals surface area contributed by atoms with Gasteiger partial charge in [0, 0.05) is 6.54 Å². The summed E-state index contributed by atoms with van der Waals surface area (Å²) in [6.45, 7) is 2.86. The molecule has 0 saturated carbocycles. The zero-order chi connectivity index (χ0) is 13.0. The second-order valence-corrected chi connectivity index (χ2v) is 4.93. The van der Waals surface area contributed by atoms with Gasteiger partial charge in [-0.25, -0.2) is 0 Å². The largest absolute Gasteiger partial charge is 0.384 e. The lowest BCUT2D eigenvalue weighted by Crippen LogP contribution is -2.49. The van der Waals surface area contributed by atoms with E-state index in [2.05, 4.69) is 30.2 Å². The molecule has 1 aliphatic carbocycles. The predicted octanol–water partition coefficient (Wildman–Crippen LogP) is 2.75. The van der Waals surface area contributed by atoms with E-state index in [0.717, 1.165) is 13.0 Å². The highest BCUT2D eigenvalue weighted by Gasteiger charge is 2.34. The Morgan fingerprint density at radius 3 is 2.61 bits per heavy atom. The summed E-state index contributed by atoms with van der Waals surface area (Å²) in [5.41, 5.74) is 0.513. The molecule has 2 nitrogen and oxygen atoms in total. The van der Waals surface area contributed by atoms with Crippen molar-refractivity contribution in [2.75, 3.05) is 7.05 Å². The third-order valence-electron chi connectivity index (χ3n) is 3.62. The fourth-order valence-corrected chi connectivity index (χ4v) is 2.48. The van der Waals surface area contributed by atoms with Crippen LogP contribution in [0.1, 0.15) is 18.9 Å². The number of hydrogen-bond donors (Lipinski definition) is 1. The van der Waals surface area contributed by atoms with Crippen molar-refractivity contribution in [2.24, 2.45) is 0 Å². The smallest absolute Gasteiger partial charge is 0.102 e. The maximum atomic E-state index is 10.6. The van der Waals surface area contributed by atoms with Crippen LogP contribution in [0.15, 0.2) is 54.6 Å². The van der Waals surface area contributed by atoms with Crippen molar-refractivity contribution >= 4 is 0 Å². The van der Waals surface area contributed by atoms with Crippen LogP contribution in [-0.2, 0) is 6.54 Å². The summed E-state index contributed by atoms with van der Waals surface area (Å²) in [5, 5.41) is 10.6. The molecule has 0 aromatic heterocycles. The number of benzene rings is 1. The monoisotopic (exact) mass is 243 g/mol. The third-order valence-corrected chi connectivity index (χ3v) is 3.62. The van der Waals surface area contributed by atoms with Crippen molar-refractivity contribution in [3.63, 3.8) is 0 Å². The summed E-state index contributed by atoms with van der Waals surface area (Å²) >= 11 is 0. The molecule has 96 valence electrons. The van der Waals surface area contributed by atoms with Gasteiger partial charge < -0.3 is 5.11 Å². The molecule has 1 aliphatic rings. The number of aliphatic hydroxyl groups is 1. The van der Waals surface area contributed by atoms with E-state index >= 15 is 0 Å². The molecule has 2 atom stereocenters. The summed E-state index contributed by atoms with van der Waals surface area (Å²) in [5.74, 6) is 0. The summed E-state index contributed by atoms with van der Waals surface area (Å²) in [6.07, 6.45) is 8.63. The highest BCUT2D eigenvalue weighted by atomic mass is 16.3. The first-order valence-corrected chi connectivity index (χ1v) is 6.48. The lowest BCUT2D eigenvalue weighted by atomic mass is 9.86. The van der Waals surface area contributed by atoms with Crippen LogP contribution in [-0.4, -0.2) is 28.7 Å². The molecule has 0 heterocycles. The Balaban J connectivity index is 2.11. The van der Waals surface area contributed by atoms with Crippen LogP contribution in [0.25, 0.3) is 0 Å². The average Bonchev–Trinajstić information content (AvgIpc) is 2.40. The number of allylic oxidation sites excluding steroid dienone is 2. The van der Waals surface area contributed by atoms with E-state index in [1.54, 1.807) is 0 Å². The molecule has 18 heavy (non-hydrogen) atoms. The molecule has 2 unspecified atom stereocenters. The molecular formula is C16H21NO. The van der Waals surface area contributed by atoms with Gasteiger partial charge in [-0.1, -0.05) is 61.6 Å². The highest BCUT2D eigenvalue weighted by Crippen LogP contribution is 2.26. The standard InChI is InChI=1S/C16H21NO/c1-3-16(18)12-8-7-11-15(16)17(2)13-14-9-5-4-6-10-14/h4-12,15,18H,3,13H2,1-2H3. The summed E-state index contributed by atoms with van der Waals surface area (Å²) < 4.78 is 0. The van der Waals surface area contributed by atoms with E-state index in [1.165, 1.54) is 5.56 Å². The quantitative estimate of drug-likeness (QED) is 0.879. The normalized spacial score (nSPS) is 26.8. The van der Waals surface area contributed by atoms with Gasteiger partial charge in [-0.2, -0.15) is 0 Å². The van der Waals surface area contributed by atoms with Gasteiger partial charge in [0.25, 0.3) is 0 Å². The minimum absolute atomic E-state index is 0.0349. The summed E-state index contributed by atoms with van der Waals surface area (Å²) in [6, 6.07) is 10.4. The predicted molar refractivity (Wildman–Crippen MR) is 75.2 cm³/mol. The molecule has 2 heteroatoms. The third kappa shape index (κ3) is 2.71. The Morgan fingerprint density at radius 1 is 1.22 bits per heavy atom. The number of rotatable bonds is 4. The SMILES string of the molecule is CCC1(O)C=CC=CC1N(C)Cc1ccccc1. The Labute approximate surface area is 109 Å². The van der Waals surface area contributed by atoms with Crippen LogP contribution in [0.3, 0.4) is 0 Å². The fourth-order valence-electron chi connectivity index (χ4n) is 2.48. The van der Waals surface area contributed by atoms with Crippen LogP contribution in [0.4, 0.5) is 0 Å². The molecule has 1 aromatic carbocycles. The maximum Gasteiger partial charge on any atom is 0.102 e. The van der Waals surface area contributed by atoms with Gasteiger partial charge in [-0.15, -0.1) is 0 Å². The second-order valence-electron chi connectivity index (χ2n) is 4.93. The zero-order valence-electron chi connectivity index (χ0n) is 11.1. The van der Waals surface area contributed by atoms with Crippen molar-refractivity contribution < 1.29 is 5.11 Å². The molecule has 1 N–H and O–H groups in total. The highest BCUT2D eigenvalue weighted by molar-refractivity contribution is 5.25. The lowest BCUT2D eigenvalue weighted by molar-refractivity contribution is 0.0128. The van der Waals surface area contributed by atoms with Crippen molar-refractivity contribution in [3.8, 4) is 0 Å². The molecule has 0 saturated heterocycles. The van der Waals surface area contributed by atoms with Gasteiger partial charge in [-0.05, 0) is 19.0 Å². The van der Waals surface area contributed by atoms with Gasteiger partial charge >= 0.3 is 0 Å². The zero-order valence-corrected chi connectivity index (χ0v) is 11.1. The van der Waals surface area contributed by atoms with E-state index in [1.807, 2.05) is 43.4 Å². The molecule has 0 bridgehead atoms. The molecule has 1 aromatic rings. The Hall–Kier alpha value is -1.38. The van der Waals surface area contributed by atoms with Gasteiger partial charge in [0.1, 0.15) is 5.60 Å². The first-order chi connectivity index (χ1) is 8.65. The van der Waals surface area contributed by atoms with Crippen LogP contribution in [0, 0.1) is 0 Å². The first kappa shape index (κ1) is 13.1. The number of nitrogens with zero attached hydrogens (tertiary/aromatic N) is 1. The second kappa shape index (κ2) is 5.51. The molecule has 0 spiro atoms. The van der Waals surface area contributed by atoms with Gasteiger partial charge in [0.2, 0.25) is 0 Å². The first-order valence-electron chi connectivity index (χ1n) is 6.48. The Morgan fingerprint density at radius 2 is 1.94 bits per heavy atom. The van der Waals surface area contributed by atoms with E-state index in [-0.39, 0.29) is 6.04 Å². The number of likely N-dealkylation sites (N-methyl/N-ethyl adjacent to an activating group) is 1. The van der Waals surface area contributed by atoms with Gasteiger partial charge in [0.05, 0.1) is 6.04 Å². The van der Waals surface area contributed by atoms with E-state index in [4.69, 9.17) is 0 Å². The Kier molecular flexibility index (Phi) is 4.00. The Bertz CT molecular complexity index is 438. The van der Waals surface area contributed by atoms with Gasteiger partial charge in [-0.3, -0.25) is 4.90 Å². The topological polar surface area (TPSA) is 23.5 Å². The molecule has 2 rings (SSSR count). The summed E-state index contributed by atoms with van der Waals surface area (Å²) in [4.78, 5) is 2.19. The molecule has 0 aliphatic heterocycles. The van der Waals surface area contributed by atoms with Crippen LogP contribution in [0.5, 0.6) is 0 Å². The van der Waals surface area contributed by atoms with Crippen molar-refractivity contribution in [2.45, 2.75) is 31.5 Å². The minimum atomic E-state index is -0.752. The molecular weight excluding hydrogens is 222 g/mol. The van der Waals surface area contributed by atoms with Crippen molar-refractivity contribution in [1.29, 1.82) is 0 Å². The minimum Gasteiger partial charge on any atom is -0.384 e. The fraction of sp³-hybridized carbons (Fsp3) is 0.375. The summed E-state index contributed by atoms with van der Waals surface area (Å²) in [7, 11) is 2.06. The van der Waals surface area contributed by atoms with E-state index < -0.39 is 5.60 Å². The number of hydrogen-bond acceptors (Lipinski definition) is 2. The molecule has 0 amide bonds. The lowest BCUT2D eigenvalue weighted by Gasteiger charge is -2.39. The molecule has 0 fully saturated rings. The van der Waals surface area contributed by atoms with E-state index in [0.29, 0.717) is 0 Å². The van der Waals surface area contributed by atoms with Crippen molar-refractivity contribution in [1.82, 2.24) is 4.90 Å². The van der Waals surface area contributed by atoms with Gasteiger partial charge in [0.15, 0.2) is 0 Å². The van der Waals surface area contributed by atoms with Crippen LogP contribution in [0.2, 0.25) is 0 Å². The van der Waals surface area contributed by atoms with Crippen molar-refractivity contribution in [3.05, 3.63) is 60.2 Å². The molecule has 0 radical (unpaired) electrons. The van der Waals surface area contributed by atoms with Crippen LogP contribution < -0.4 is 0 Å².